The standard InChI is InChI=1S/C12H21N3O3S2/c1-11(2)6-15(7-12(3,4)18-11)10-8(20(5,16)17)9(13)14-19-10/h6-7H2,1-5H3,(H2,13,14). The Kier molecular flexibility index (Phi) is 3.55. The number of hydrogen-bond acceptors (Lipinski definition) is 7. The van der Waals surface area contributed by atoms with Crippen LogP contribution in [0.5, 0.6) is 0 Å². The van der Waals surface area contributed by atoms with Crippen LogP contribution in [-0.2, 0) is 14.6 Å². The lowest BCUT2D eigenvalue weighted by molar-refractivity contribution is -0.133. The Morgan fingerprint density at radius 2 is 1.75 bits per heavy atom. The van der Waals surface area contributed by atoms with Crippen molar-refractivity contribution in [1.82, 2.24) is 4.37 Å². The largest absolute Gasteiger partial charge is 0.382 e. The van der Waals surface area contributed by atoms with Gasteiger partial charge in [0.2, 0.25) is 0 Å². The summed E-state index contributed by atoms with van der Waals surface area (Å²) in [5.41, 5.74) is 5.00. The molecule has 6 nitrogen and oxygen atoms in total. The molecule has 1 saturated heterocycles. The molecule has 1 aromatic heterocycles. The number of nitrogens with two attached hydrogens (primary N) is 1. The van der Waals surface area contributed by atoms with Crippen molar-refractivity contribution in [3.05, 3.63) is 0 Å². The van der Waals surface area contributed by atoms with Crippen molar-refractivity contribution in [3.8, 4) is 0 Å². The predicted octanol–water partition coefficient (Wildman–Crippen LogP) is 1.52. The van der Waals surface area contributed by atoms with Gasteiger partial charge in [0, 0.05) is 19.3 Å². The van der Waals surface area contributed by atoms with Gasteiger partial charge in [0.1, 0.15) is 9.90 Å². The van der Waals surface area contributed by atoms with E-state index < -0.39 is 9.84 Å². The van der Waals surface area contributed by atoms with Gasteiger partial charge in [0.25, 0.3) is 0 Å². The quantitative estimate of drug-likeness (QED) is 0.889. The van der Waals surface area contributed by atoms with Crippen molar-refractivity contribution in [1.29, 1.82) is 0 Å². The Balaban J connectivity index is 2.47. The molecule has 114 valence electrons. The third kappa shape index (κ3) is 3.07. The summed E-state index contributed by atoms with van der Waals surface area (Å²) in [7, 11) is -3.40. The summed E-state index contributed by atoms with van der Waals surface area (Å²) in [6.45, 7) is 9.16. The van der Waals surface area contributed by atoms with E-state index in [1.807, 2.05) is 32.6 Å². The zero-order valence-electron chi connectivity index (χ0n) is 12.4. The Morgan fingerprint density at radius 1 is 1.25 bits per heavy atom. The minimum absolute atomic E-state index is 0.0783. The van der Waals surface area contributed by atoms with Crippen molar-refractivity contribution in [2.75, 3.05) is 30.0 Å². The van der Waals surface area contributed by atoms with Crippen molar-refractivity contribution in [3.63, 3.8) is 0 Å². The Bertz CT molecular complexity index is 604. The molecule has 0 amide bonds. The van der Waals surface area contributed by atoms with Crippen molar-refractivity contribution in [2.45, 2.75) is 43.8 Å². The van der Waals surface area contributed by atoms with Gasteiger partial charge in [0.15, 0.2) is 15.7 Å². The highest BCUT2D eigenvalue weighted by Gasteiger charge is 2.40. The minimum Gasteiger partial charge on any atom is -0.382 e. The second-order valence-electron chi connectivity index (χ2n) is 6.45. The molecule has 20 heavy (non-hydrogen) atoms. The molecule has 0 atom stereocenters. The van der Waals surface area contributed by atoms with E-state index in [4.69, 9.17) is 10.5 Å². The molecular formula is C12H21N3O3S2. The monoisotopic (exact) mass is 319 g/mol. The molecule has 1 aliphatic heterocycles. The van der Waals surface area contributed by atoms with E-state index in [1.54, 1.807) is 0 Å². The zero-order valence-corrected chi connectivity index (χ0v) is 14.1. The van der Waals surface area contributed by atoms with Crippen LogP contribution in [0, 0.1) is 0 Å². The predicted molar refractivity (Wildman–Crippen MR) is 81.1 cm³/mol. The number of morpholine rings is 1. The maximum atomic E-state index is 11.9. The molecular weight excluding hydrogens is 298 g/mol. The van der Waals surface area contributed by atoms with E-state index >= 15 is 0 Å². The summed E-state index contributed by atoms with van der Waals surface area (Å²) in [4.78, 5) is 2.14. The van der Waals surface area contributed by atoms with E-state index in [9.17, 15) is 8.42 Å². The van der Waals surface area contributed by atoms with Crippen LogP contribution < -0.4 is 10.6 Å². The van der Waals surface area contributed by atoms with Crippen LogP contribution in [0.2, 0.25) is 0 Å². The SMILES string of the molecule is CC1(C)CN(c2snc(N)c2S(C)(=O)=O)CC(C)(C)O1. The first-order valence-electron chi connectivity index (χ1n) is 6.32. The number of anilines is 2. The van der Waals surface area contributed by atoms with Crippen molar-refractivity contribution < 1.29 is 13.2 Å². The van der Waals surface area contributed by atoms with Gasteiger partial charge in [-0.2, -0.15) is 4.37 Å². The van der Waals surface area contributed by atoms with Gasteiger partial charge in [-0.15, -0.1) is 0 Å². The normalized spacial score (nSPS) is 21.9. The highest BCUT2D eigenvalue weighted by atomic mass is 32.2. The summed E-state index contributed by atoms with van der Waals surface area (Å²) in [5.74, 6) is 0.0783. The van der Waals surface area contributed by atoms with Crippen LogP contribution in [-0.4, -0.2) is 43.3 Å². The second-order valence-corrected chi connectivity index (χ2v) is 9.16. The minimum atomic E-state index is -3.40. The molecule has 0 spiro atoms. The van der Waals surface area contributed by atoms with Gasteiger partial charge in [-0.25, -0.2) is 8.42 Å². The Hall–Kier alpha value is -0.860. The first-order valence-corrected chi connectivity index (χ1v) is 8.98. The van der Waals surface area contributed by atoms with E-state index in [0.717, 1.165) is 17.8 Å². The molecule has 2 N–H and O–H groups in total. The first kappa shape index (κ1) is 15.5. The van der Waals surface area contributed by atoms with E-state index in [-0.39, 0.29) is 21.9 Å². The number of rotatable bonds is 2. The molecule has 8 heteroatoms. The summed E-state index contributed by atoms with van der Waals surface area (Å²) in [6.07, 6.45) is 1.16. The zero-order chi connectivity index (χ0) is 15.3. The van der Waals surface area contributed by atoms with Crippen LogP contribution in [0.4, 0.5) is 10.8 Å². The molecule has 0 aliphatic carbocycles. The Morgan fingerprint density at radius 3 is 2.20 bits per heavy atom. The van der Waals surface area contributed by atoms with E-state index in [1.165, 1.54) is 0 Å². The van der Waals surface area contributed by atoms with Gasteiger partial charge >= 0.3 is 0 Å². The van der Waals surface area contributed by atoms with E-state index in [2.05, 4.69) is 4.37 Å². The Labute approximate surface area is 124 Å². The number of sulfone groups is 1. The number of aromatic nitrogens is 1. The highest BCUT2D eigenvalue weighted by molar-refractivity contribution is 7.91. The van der Waals surface area contributed by atoms with Gasteiger partial charge in [0.05, 0.1) is 11.2 Å². The van der Waals surface area contributed by atoms with Crippen LogP contribution in [0.15, 0.2) is 4.90 Å². The fourth-order valence-electron chi connectivity index (χ4n) is 2.77. The number of nitrogens with zero attached hydrogens (tertiary/aromatic N) is 2. The average Bonchev–Trinajstić information content (AvgIpc) is 2.54. The molecule has 2 rings (SSSR count). The van der Waals surface area contributed by atoms with Crippen LogP contribution in [0.1, 0.15) is 27.7 Å². The van der Waals surface area contributed by atoms with Crippen molar-refractivity contribution in [2.24, 2.45) is 0 Å². The summed E-state index contributed by atoms with van der Waals surface area (Å²) in [6, 6.07) is 0. The van der Waals surface area contributed by atoms with Gasteiger partial charge < -0.3 is 15.4 Å². The fraction of sp³-hybridized carbons (Fsp3) is 0.750. The summed E-state index contributed by atoms with van der Waals surface area (Å²) < 4.78 is 33.9. The van der Waals surface area contributed by atoms with Gasteiger partial charge in [-0.05, 0) is 39.2 Å². The molecule has 2 heterocycles. The number of ether oxygens (including phenoxy) is 1. The molecule has 0 aromatic carbocycles. The number of hydrogen-bond donors (Lipinski definition) is 1. The maximum Gasteiger partial charge on any atom is 0.182 e. The van der Waals surface area contributed by atoms with Crippen molar-refractivity contribution >= 4 is 32.2 Å². The lowest BCUT2D eigenvalue weighted by Gasteiger charge is -2.47. The molecule has 1 aliphatic rings. The van der Waals surface area contributed by atoms with Crippen LogP contribution >= 0.6 is 11.5 Å². The molecule has 1 fully saturated rings. The molecule has 0 bridgehead atoms. The third-order valence-corrected chi connectivity index (χ3v) is 5.21. The van der Waals surface area contributed by atoms with Gasteiger partial charge in [-0.1, -0.05) is 0 Å². The smallest absolute Gasteiger partial charge is 0.182 e. The second kappa shape index (κ2) is 4.57. The summed E-state index contributed by atoms with van der Waals surface area (Å²) in [5, 5.41) is 0.606. The van der Waals surface area contributed by atoms with Crippen LogP contribution in [0.25, 0.3) is 0 Å². The van der Waals surface area contributed by atoms with E-state index in [0.29, 0.717) is 18.1 Å². The molecule has 0 saturated carbocycles. The first-order chi connectivity index (χ1) is 8.91. The maximum absolute atomic E-state index is 11.9. The average molecular weight is 319 g/mol. The molecule has 1 aromatic rings. The topological polar surface area (TPSA) is 85.5 Å². The molecule has 0 radical (unpaired) electrons. The van der Waals surface area contributed by atoms with Gasteiger partial charge in [-0.3, -0.25) is 0 Å². The third-order valence-electron chi connectivity index (χ3n) is 3.01. The molecule has 0 unspecified atom stereocenters. The number of nitrogen functional groups attached to an aromatic ring is 1. The lowest BCUT2D eigenvalue weighted by atomic mass is 9.99. The highest BCUT2D eigenvalue weighted by Crippen LogP contribution is 2.39. The van der Waals surface area contributed by atoms with Crippen LogP contribution in [0.3, 0.4) is 0 Å². The summed E-state index contributed by atoms with van der Waals surface area (Å²) >= 11 is 1.13. The lowest BCUT2D eigenvalue weighted by Crippen LogP contribution is -2.57. The fourth-order valence-corrected chi connectivity index (χ4v) is 4.97.